The lowest BCUT2D eigenvalue weighted by Crippen LogP contribution is -2.17. The average Bonchev–Trinajstić information content (AvgIpc) is 2.94. The lowest BCUT2D eigenvalue weighted by molar-refractivity contribution is 0.134. The van der Waals surface area contributed by atoms with Crippen molar-refractivity contribution in [2.24, 2.45) is 23.7 Å². The third-order valence-electron chi connectivity index (χ3n) is 5.41. The van der Waals surface area contributed by atoms with Crippen molar-refractivity contribution in [2.45, 2.75) is 70.8 Å². The van der Waals surface area contributed by atoms with E-state index in [1.165, 1.54) is 38.5 Å². The van der Waals surface area contributed by atoms with E-state index in [1.807, 2.05) is 0 Å². The molecule has 2 N–H and O–H groups in total. The highest BCUT2D eigenvalue weighted by Crippen LogP contribution is 2.51. The summed E-state index contributed by atoms with van der Waals surface area (Å²) in [6.07, 6.45) is 15.3. The van der Waals surface area contributed by atoms with Crippen molar-refractivity contribution in [3.63, 3.8) is 0 Å². The molecule has 0 amide bonds. The first kappa shape index (κ1) is 16.0. The molecule has 2 aliphatic carbocycles. The second-order valence-electron chi connectivity index (χ2n) is 6.93. The average molecular weight is 280 g/mol. The molecule has 3 unspecified atom stereocenters. The monoisotopic (exact) mass is 280 g/mol. The Kier molecular flexibility index (Phi) is 6.57. The Morgan fingerprint density at radius 1 is 1.10 bits per heavy atom. The Morgan fingerprint density at radius 3 is 2.70 bits per heavy atom. The molecular formula is C18H32O2. The van der Waals surface area contributed by atoms with Gasteiger partial charge in [-0.25, -0.2) is 0 Å². The van der Waals surface area contributed by atoms with Gasteiger partial charge in [0.05, 0.1) is 6.10 Å². The van der Waals surface area contributed by atoms with Crippen LogP contribution in [0.3, 0.4) is 0 Å². The summed E-state index contributed by atoms with van der Waals surface area (Å²) in [6, 6.07) is 0. The molecule has 0 heterocycles. The molecule has 2 nitrogen and oxygen atoms in total. The van der Waals surface area contributed by atoms with Crippen LogP contribution in [0, 0.1) is 23.7 Å². The van der Waals surface area contributed by atoms with E-state index in [0.717, 1.165) is 37.0 Å². The molecule has 0 aliphatic heterocycles. The first-order chi connectivity index (χ1) is 9.76. The quantitative estimate of drug-likeness (QED) is 0.522. The van der Waals surface area contributed by atoms with E-state index in [2.05, 4.69) is 19.1 Å². The number of unbranched alkanes of at least 4 members (excludes halogenated alkanes) is 3. The summed E-state index contributed by atoms with van der Waals surface area (Å²) >= 11 is 0. The van der Waals surface area contributed by atoms with Crippen molar-refractivity contribution in [3.05, 3.63) is 12.2 Å². The highest BCUT2D eigenvalue weighted by Gasteiger charge is 2.46. The second kappa shape index (κ2) is 8.19. The summed E-state index contributed by atoms with van der Waals surface area (Å²) in [4.78, 5) is 0. The van der Waals surface area contributed by atoms with Gasteiger partial charge in [0.25, 0.3) is 0 Å². The van der Waals surface area contributed by atoms with Gasteiger partial charge in [0.2, 0.25) is 0 Å². The number of rotatable bonds is 8. The van der Waals surface area contributed by atoms with E-state index in [0.29, 0.717) is 12.5 Å². The molecule has 0 saturated heterocycles. The minimum atomic E-state index is -0.0894. The molecule has 2 rings (SSSR count). The number of hydrogen-bond acceptors (Lipinski definition) is 2. The van der Waals surface area contributed by atoms with Crippen molar-refractivity contribution in [1.82, 2.24) is 0 Å². The first-order valence-corrected chi connectivity index (χ1v) is 8.71. The standard InChI is InChI=1S/C18H32O2/c1-2-3-5-9-16-17-12-14(8-6-4-7-10-19)11-15(17)13-18(16)20/h5,9,14-20H,2-4,6-8,10-13H2,1H3/b9-5+/t14?,15?,16-,17?,18-/m1/s1. The molecule has 5 atom stereocenters. The van der Waals surface area contributed by atoms with Gasteiger partial charge in [0, 0.05) is 12.5 Å². The zero-order valence-electron chi connectivity index (χ0n) is 13.0. The van der Waals surface area contributed by atoms with E-state index >= 15 is 0 Å². The van der Waals surface area contributed by atoms with Crippen LogP contribution in [0.25, 0.3) is 0 Å². The zero-order chi connectivity index (χ0) is 14.4. The van der Waals surface area contributed by atoms with E-state index in [1.54, 1.807) is 0 Å². The van der Waals surface area contributed by atoms with Gasteiger partial charge in [-0.1, -0.05) is 44.8 Å². The largest absolute Gasteiger partial charge is 0.396 e. The van der Waals surface area contributed by atoms with Crippen molar-refractivity contribution >= 4 is 0 Å². The molecule has 0 aromatic carbocycles. The molecule has 0 radical (unpaired) electrons. The highest BCUT2D eigenvalue weighted by atomic mass is 16.3. The van der Waals surface area contributed by atoms with Gasteiger partial charge in [0.1, 0.15) is 0 Å². The van der Waals surface area contributed by atoms with E-state index < -0.39 is 0 Å². The third-order valence-corrected chi connectivity index (χ3v) is 5.41. The van der Waals surface area contributed by atoms with Crippen molar-refractivity contribution in [1.29, 1.82) is 0 Å². The normalized spacial score (nSPS) is 36.9. The maximum absolute atomic E-state index is 10.2. The van der Waals surface area contributed by atoms with Crippen LogP contribution in [0.5, 0.6) is 0 Å². The maximum Gasteiger partial charge on any atom is 0.0608 e. The minimum absolute atomic E-state index is 0.0894. The summed E-state index contributed by atoms with van der Waals surface area (Å²) < 4.78 is 0. The molecule has 0 spiro atoms. The summed E-state index contributed by atoms with van der Waals surface area (Å²) in [7, 11) is 0. The van der Waals surface area contributed by atoms with Crippen molar-refractivity contribution < 1.29 is 10.2 Å². The van der Waals surface area contributed by atoms with Crippen LogP contribution in [0.2, 0.25) is 0 Å². The van der Waals surface area contributed by atoms with E-state index in [9.17, 15) is 5.11 Å². The van der Waals surface area contributed by atoms with Gasteiger partial charge in [-0.2, -0.15) is 0 Å². The fraction of sp³-hybridized carbons (Fsp3) is 0.889. The molecule has 2 heteroatoms. The molecule has 0 aromatic heterocycles. The number of aliphatic hydroxyl groups excluding tert-OH is 2. The Morgan fingerprint density at radius 2 is 1.95 bits per heavy atom. The highest BCUT2D eigenvalue weighted by molar-refractivity contribution is 5.05. The van der Waals surface area contributed by atoms with Crippen LogP contribution in [0.15, 0.2) is 12.2 Å². The lowest BCUT2D eigenvalue weighted by Gasteiger charge is -2.18. The number of aliphatic hydroxyl groups is 2. The van der Waals surface area contributed by atoms with Crippen LogP contribution in [-0.2, 0) is 0 Å². The summed E-state index contributed by atoms with van der Waals surface area (Å²) in [5.41, 5.74) is 0. The molecule has 2 aliphatic rings. The van der Waals surface area contributed by atoms with Crippen LogP contribution < -0.4 is 0 Å². The molecule has 0 bridgehead atoms. The number of allylic oxidation sites excluding steroid dienone is 1. The van der Waals surface area contributed by atoms with Gasteiger partial charge in [-0.15, -0.1) is 0 Å². The number of fused-ring (bicyclic) bond motifs is 1. The first-order valence-electron chi connectivity index (χ1n) is 8.71. The van der Waals surface area contributed by atoms with Crippen LogP contribution >= 0.6 is 0 Å². The van der Waals surface area contributed by atoms with E-state index in [4.69, 9.17) is 5.11 Å². The Hall–Kier alpha value is -0.340. The van der Waals surface area contributed by atoms with Gasteiger partial charge in [-0.05, 0) is 49.9 Å². The Balaban J connectivity index is 1.78. The fourth-order valence-corrected chi connectivity index (χ4v) is 4.42. The smallest absolute Gasteiger partial charge is 0.0608 e. The molecular weight excluding hydrogens is 248 g/mol. The van der Waals surface area contributed by atoms with Crippen molar-refractivity contribution in [2.75, 3.05) is 6.61 Å². The van der Waals surface area contributed by atoms with E-state index in [-0.39, 0.29) is 6.10 Å². The summed E-state index contributed by atoms with van der Waals surface area (Å²) in [5.74, 6) is 2.80. The van der Waals surface area contributed by atoms with Crippen LogP contribution in [0.1, 0.15) is 64.7 Å². The van der Waals surface area contributed by atoms with Crippen LogP contribution in [0.4, 0.5) is 0 Å². The molecule has 0 aromatic rings. The van der Waals surface area contributed by atoms with Gasteiger partial charge >= 0.3 is 0 Å². The third kappa shape index (κ3) is 4.08. The second-order valence-corrected chi connectivity index (χ2v) is 6.93. The molecule has 20 heavy (non-hydrogen) atoms. The van der Waals surface area contributed by atoms with Crippen LogP contribution in [-0.4, -0.2) is 22.9 Å². The molecule has 2 fully saturated rings. The predicted octanol–water partition coefficient (Wildman–Crippen LogP) is 3.92. The van der Waals surface area contributed by atoms with Crippen molar-refractivity contribution in [3.8, 4) is 0 Å². The predicted molar refractivity (Wildman–Crippen MR) is 83.4 cm³/mol. The van der Waals surface area contributed by atoms with Gasteiger partial charge in [-0.3, -0.25) is 0 Å². The lowest BCUT2D eigenvalue weighted by atomic mass is 9.89. The summed E-state index contributed by atoms with van der Waals surface area (Å²) in [5, 5.41) is 19.1. The zero-order valence-corrected chi connectivity index (χ0v) is 13.0. The topological polar surface area (TPSA) is 40.5 Å². The maximum atomic E-state index is 10.2. The minimum Gasteiger partial charge on any atom is -0.396 e. The Labute approximate surface area is 124 Å². The van der Waals surface area contributed by atoms with Gasteiger partial charge in [0.15, 0.2) is 0 Å². The summed E-state index contributed by atoms with van der Waals surface area (Å²) in [6.45, 7) is 2.54. The van der Waals surface area contributed by atoms with Gasteiger partial charge < -0.3 is 10.2 Å². The Bertz CT molecular complexity index is 300. The SMILES string of the molecule is CCC/C=C/[C@@H]1C2CC(CCCCCO)CC2C[C@H]1O. The number of hydrogen-bond donors (Lipinski definition) is 2. The fourth-order valence-electron chi connectivity index (χ4n) is 4.42. The molecule has 2 saturated carbocycles. The molecule has 116 valence electrons.